The van der Waals surface area contributed by atoms with E-state index < -0.39 is 16.5 Å². The van der Waals surface area contributed by atoms with Crippen molar-refractivity contribution in [2.75, 3.05) is 10.7 Å². The van der Waals surface area contributed by atoms with E-state index in [1.807, 2.05) is 30.3 Å². The van der Waals surface area contributed by atoms with E-state index in [4.69, 9.17) is 0 Å². The third kappa shape index (κ3) is 5.50. The second-order valence-corrected chi connectivity index (χ2v) is 6.70. The highest BCUT2D eigenvalue weighted by Gasteiger charge is 2.23. The summed E-state index contributed by atoms with van der Waals surface area (Å²) in [4.78, 5) is 35.0. The first-order chi connectivity index (χ1) is 16.6. The third-order valence-corrected chi connectivity index (χ3v) is 4.41. The molecule has 0 bridgehead atoms. The Morgan fingerprint density at radius 3 is 2.18 bits per heavy atom. The zero-order valence-electron chi connectivity index (χ0n) is 17.5. The molecule has 2 aromatic carbocycles. The minimum Gasteiger partial charge on any atom is -0.334 e. The Morgan fingerprint density at radius 2 is 1.50 bits per heavy atom. The Balaban J connectivity index is 1.48. The van der Waals surface area contributed by atoms with Crippen molar-refractivity contribution in [3.63, 3.8) is 0 Å². The molecule has 0 aliphatic heterocycles. The maximum Gasteiger partial charge on any atom is 0.355 e. The highest BCUT2D eigenvalue weighted by molar-refractivity contribution is 5.94. The van der Waals surface area contributed by atoms with E-state index in [-0.39, 0.29) is 11.6 Å². The first kappa shape index (κ1) is 22.0. The number of aromatic nitrogens is 3. The van der Waals surface area contributed by atoms with Gasteiger partial charge in [0.25, 0.3) is 5.91 Å². The number of pyridine rings is 1. The van der Waals surface area contributed by atoms with Gasteiger partial charge in [0.1, 0.15) is 6.33 Å². The molecule has 0 radical (unpaired) electrons. The van der Waals surface area contributed by atoms with Crippen LogP contribution in [0.4, 0.5) is 34.4 Å². The zero-order chi connectivity index (χ0) is 23.8. The minimum atomic E-state index is -0.647. The lowest BCUT2D eigenvalue weighted by molar-refractivity contribution is -0.383. The van der Waals surface area contributed by atoms with Gasteiger partial charge in [-0.05, 0) is 48.5 Å². The van der Waals surface area contributed by atoms with Crippen LogP contribution in [0, 0.1) is 10.1 Å². The summed E-state index contributed by atoms with van der Waals surface area (Å²) in [7, 11) is 0. The Kier molecular flexibility index (Phi) is 6.69. The van der Waals surface area contributed by atoms with E-state index >= 15 is 0 Å². The standard InChI is InChI=1S/C22H17N9O3/c32-22(15-10-12-23-13-11-15)30-29-21-19(31(33)34)20(24-14-25-21)26-16-6-8-18(9-7-16)28-27-17-4-2-1-3-5-17/h1-14H,(H,30,32)(H2,24,25,26,29). The number of hydrazine groups is 1. The van der Waals surface area contributed by atoms with Gasteiger partial charge < -0.3 is 5.32 Å². The van der Waals surface area contributed by atoms with Gasteiger partial charge in [-0.3, -0.25) is 30.7 Å². The number of benzene rings is 2. The van der Waals surface area contributed by atoms with Crippen molar-refractivity contribution in [1.82, 2.24) is 20.4 Å². The van der Waals surface area contributed by atoms with Crippen LogP contribution in [0.2, 0.25) is 0 Å². The second-order valence-electron chi connectivity index (χ2n) is 6.70. The molecule has 168 valence electrons. The number of azo groups is 1. The van der Waals surface area contributed by atoms with E-state index in [1.165, 1.54) is 24.5 Å². The third-order valence-electron chi connectivity index (χ3n) is 4.41. The van der Waals surface area contributed by atoms with Crippen molar-refractivity contribution in [3.8, 4) is 0 Å². The molecule has 34 heavy (non-hydrogen) atoms. The number of hydrogen-bond donors (Lipinski definition) is 3. The molecule has 4 aromatic rings. The molecular weight excluding hydrogens is 438 g/mol. The number of amides is 1. The predicted molar refractivity (Wildman–Crippen MR) is 124 cm³/mol. The minimum absolute atomic E-state index is 0.0562. The van der Waals surface area contributed by atoms with Gasteiger partial charge >= 0.3 is 5.69 Å². The molecule has 2 heterocycles. The molecule has 0 fully saturated rings. The Labute approximate surface area is 193 Å². The summed E-state index contributed by atoms with van der Waals surface area (Å²) in [5.74, 6) is -0.748. The Morgan fingerprint density at radius 1 is 0.853 bits per heavy atom. The smallest absolute Gasteiger partial charge is 0.334 e. The highest BCUT2D eigenvalue weighted by Crippen LogP contribution is 2.31. The molecule has 3 N–H and O–H groups in total. The molecular formula is C22H17N9O3. The van der Waals surface area contributed by atoms with Gasteiger partial charge in [0.15, 0.2) is 0 Å². The maximum atomic E-state index is 12.2. The molecule has 12 nitrogen and oxygen atoms in total. The molecule has 1 amide bonds. The quantitative estimate of drug-likeness (QED) is 0.196. The monoisotopic (exact) mass is 455 g/mol. The topological polar surface area (TPSA) is 160 Å². The van der Waals surface area contributed by atoms with Crippen LogP contribution in [-0.4, -0.2) is 25.8 Å². The van der Waals surface area contributed by atoms with Crippen molar-refractivity contribution < 1.29 is 9.72 Å². The molecule has 0 saturated heterocycles. The van der Waals surface area contributed by atoms with Crippen LogP contribution in [0.25, 0.3) is 0 Å². The summed E-state index contributed by atoms with van der Waals surface area (Å²) in [6.45, 7) is 0. The van der Waals surface area contributed by atoms with E-state index in [0.717, 1.165) is 12.0 Å². The molecule has 0 spiro atoms. The normalized spacial score (nSPS) is 10.6. The first-order valence-corrected chi connectivity index (χ1v) is 9.90. The van der Waals surface area contributed by atoms with Crippen LogP contribution in [-0.2, 0) is 0 Å². The predicted octanol–water partition coefficient (Wildman–Crippen LogP) is 4.70. The summed E-state index contributed by atoms with van der Waals surface area (Å²) in [6.07, 6.45) is 4.05. The molecule has 0 atom stereocenters. The highest BCUT2D eigenvalue weighted by atomic mass is 16.6. The molecule has 0 saturated carbocycles. The van der Waals surface area contributed by atoms with Gasteiger partial charge in [0, 0.05) is 23.6 Å². The molecule has 0 aliphatic rings. The van der Waals surface area contributed by atoms with Crippen LogP contribution in [0.1, 0.15) is 10.4 Å². The van der Waals surface area contributed by atoms with E-state index in [2.05, 4.69) is 41.3 Å². The summed E-state index contributed by atoms with van der Waals surface area (Å²) < 4.78 is 0. The van der Waals surface area contributed by atoms with Gasteiger partial charge in [-0.2, -0.15) is 10.2 Å². The number of nitrogens with zero attached hydrogens (tertiary/aromatic N) is 6. The van der Waals surface area contributed by atoms with Crippen molar-refractivity contribution in [2.24, 2.45) is 10.2 Å². The number of rotatable bonds is 8. The van der Waals surface area contributed by atoms with Crippen molar-refractivity contribution in [2.45, 2.75) is 0 Å². The number of carbonyl (C=O) groups excluding carboxylic acids is 1. The van der Waals surface area contributed by atoms with Gasteiger partial charge in [-0.15, -0.1) is 0 Å². The zero-order valence-corrected chi connectivity index (χ0v) is 17.5. The fourth-order valence-corrected chi connectivity index (χ4v) is 2.78. The lowest BCUT2D eigenvalue weighted by Crippen LogP contribution is -2.30. The van der Waals surface area contributed by atoms with E-state index in [0.29, 0.717) is 16.9 Å². The number of nitrogens with one attached hydrogen (secondary N) is 3. The summed E-state index contributed by atoms with van der Waals surface area (Å²) in [5.41, 5.74) is 6.60. The summed E-state index contributed by atoms with van der Waals surface area (Å²) in [5, 5.41) is 22.9. The molecule has 0 aliphatic carbocycles. The van der Waals surface area contributed by atoms with E-state index in [1.54, 1.807) is 24.3 Å². The van der Waals surface area contributed by atoms with Gasteiger partial charge in [-0.25, -0.2) is 9.97 Å². The van der Waals surface area contributed by atoms with Crippen LogP contribution in [0.3, 0.4) is 0 Å². The van der Waals surface area contributed by atoms with Crippen LogP contribution >= 0.6 is 0 Å². The summed E-state index contributed by atoms with van der Waals surface area (Å²) in [6, 6.07) is 19.1. The fraction of sp³-hybridized carbons (Fsp3) is 0. The van der Waals surface area contributed by atoms with Crippen LogP contribution in [0.15, 0.2) is 95.7 Å². The Hall–Kier alpha value is -5.26. The lowest BCUT2D eigenvalue weighted by atomic mass is 10.2. The SMILES string of the molecule is O=C(NNc1ncnc(Nc2ccc(N=Nc3ccccc3)cc2)c1[N+](=O)[O-])c1ccncc1. The molecule has 2 aromatic heterocycles. The van der Waals surface area contributed by atoms with Crippen LogP contribution < -0.4 is 16.2 Å². The van der Waals surface area contributed by atoms with Crippen LogP contribution in [0.5, 0.6) is 0 Å². The van der Waals surface area contributed by atoms with Crippen molar-refractivity contribution in [1.29, 1.82) is 0 Å². The molecule has 12 heteroatoms. The average molecular weight is 455 g/mol. The van der Waals surface area contributed by atoms with Gasteiger partial charge in [0.2, 0.25) is 11.6 Å². The number of nitro groups is 1. The van der Waals surface area contributed by atoms with Gasteiger partial charge in [-0.1, -0.05) is 18.2 Å². The lowest BCUT2D eigenvalue weighted by Gasteiger charge is -2.11. The number of anilines is 3. The van der Waals surface area contributed by atoms with Crippen molar-refractivity contribution >= 4 is 40.3 Å². The Bertz CT molecular complexity index is 1310. The number of hydrogen-bond acceptors (Lipinski definition) is 10. The van der Waals surface area contributed by atoms with Gasteiger partial charge in [0.05, 0.1) is 16.3 Å². The number of carbonyl (C=O) groups is 1. The molecule has 4 rings (SSSR count). The molecule has 0 unspecified atom stereocenters. The summed E-state index contributed by atoms with van der Waals surface area (Å²) >= 11 is 0. The van der Waals surface area contributed by atoms with Crippen molar-refractivity contribution in [3.05, 3.63) is 101 Å². The maximum absolute atomic E-state index is 12.2. The average Bonchev–Trinajstić information content (AvgIpc) is 2.88. The fourth-order valence-electron chi connectivity index (χ4n) is 2.78. The largest absolute Gasteiger partial charge is 0.355 e. The second kappa shape index (κ2) is 10.4. The van der Waals surface area contributed by atoms with E-state index in [9.17, 15) is 14.9 Å². The first-order valence-electron chi connectivity index (χ1n) is 9.90.